The van der Waals surface area contributed by atoms with Crippen LogP contribution in [-0.2, 0) is 0 Å². The molecule has 0 spiro atoms. The van der Waals surface area contributed by atoms with Crippen LogP contribution in [0, 0.1) is 0 Å². The second-order valence-electron chi connectivity index (χ2n) is 10.2. The molecule has 2 saturated carbocycles. The van der Waals surface area contributed by atoms with Gasteiger partial charge in [0, 0.05) is 30.5 Å². The molecule has 0 saturated heterocycles. The highest BCUT2D eigenvalue weighted by Gasteiger charge is 2.46. The number of hydrogen-bond donors (Lipinski definition) is 2. The molecule has 3 aliphatic rings. The highest BCUT2D eigenvalue weighted by molar-refractivity contribution is 5.95. The van der Waals surface area contributed by atoms with Crippen molar-refractivity contribution >= 4 is 23.4 Å². The molecule has 6 rings (SSSR count). The monoisotopic (exact) mass is 524 g/mol. The van der Waals surface area contributed by atoms with Gasteiger partial charge in [0.2, 0.25) is 5.95 Å². The van der Waals surface area contributed by atoms with Crippen LogP contribution in [0.25, 0.3) is 5.69 Å². The summed E-state index contributed by atoms with van der Waals surface area (Å²) in [7, 11) is 1.50. The minimum Gasteiger partial charge on any atom is -0.495 e. The van der Waals surface area contributed by atoms with Gasteiger partial charge in [-0.1, -0.05) is 19.8 Å². The van der Waals surface area contributed by atoms with Crippen molar-refractivity contribution in [2.24, 2.45) is 0 Å². The molecule has 200 valence electrons. The fourth-order valence-corrected chi connectivity index (χ4v) is 5.79. The van der Waals surface area contributed by atoms with Gasteiger partial charge in [0.05, 0.1) is 25.0 Å². The van der Waals surface area contributed by atoms with Crippen LogP contribution in [0.15, 0.2) is 30.7 Å². The van der Waals surface area contributed by atoms with Crippen LogP contribution in [0.1, 0.15) is 74.1 Å². The number of hydrogen-bond acceptors (Lipinski definition) is 8. The summed E-state index contributed by atoms with van der Waals surface area (Å²) in [6, 6.07) is 4.82. The van der Waals surface area contributed by atoms with E-state index in [0.717, 1.165) is 36.6 Å². The SMILES string of the molecule is CC[C@@H]1c2nncn2-c2cnc(Nc3ccc(C(=O)NC4CC(F)(F)C4)cc3OC)nc2N1C1CCCC1. The van der Waals surface area contributed by atoms with E-state index in [0.29, 0.717) is 29.0 Å². The highest BCUT2D eigenvalue weighted by atomic mass is 19.3. The molecule has 2 N–H and O–H groups in total. The Labute approximate surface area is 218 Å². The van der Waals surface area contributed by atoms with Crippen LogP contribution in [0.5, 0.6) is 5.75 Å². The molecule has 1 aliphatic heterocycles. The average Bonchev–Trinajstić information content (AvgIpc) is 3.59. The Morgan fingerprint density at radius 2 is 2.03 bits per heavy atom. The van der Waals surface area contributed by atoms with Crippen LogP contribution in [0.3, 0.4) is 0 Å². The fourth-order valence-electron chi connectivity index (χ4n) is 5.79. The Hall–Kier alpha value is -3.83. The molecule has 2 aromatic heterocycles. The molecule has 0 bridgehead atoms. The summed E-state index contributed by atoms with van der Waals surface area (Å²) in [5.74, 6) is -0.567. The van der Waals surface area contributed by atoms with E-state index in [4.69, 9.17) is 9.72 Å². The molecule has 1 atom stereocenters. The summed E-state index contributed by atoms with van der Waals surface area (Å²) < 4.78 is 33.8. The van der Waals surface area contributed by atoms with Gasteiger partial charge in [-0.25, -0.2) is 13.8 Å². The zero-order valence-corrected chi connectivity index (χ0v) is 21.3. The quantitative estimate of drug-likeness (QED) is 0.463. The molecule has 12 heteroatoms. The second-order valence-corrected chi connectivity index (χ2v) is 10.2. The fraction of sp³-hybridized carbons (Fsp3) is 0.500. The third-order valence-corrected chi connectivity index (χ3v) is 7.70. The zero-order chi connectivity index (χ0) is 26.4. The maximum Gasteiger partial charge on any atom is 0.252 e. The lowest BCUT2D eigenvalue weighted by atomic mass is 9.88. The first-order chi connectivity index (χ1) is 18.4. The van der Waals surface area contributed by atoms with Crippen molar-refractivity contribution in [1.82, 2.24) is 30.0 Å². The van der Waals surface area contributed by atoms with E-state index in [9.17, 15) is 13.6 Å². The van der Waals surface area contributed by atoms with Gasteiger partial charge in [-0.15, -0.1) is 10.2 Å². The number of amides is 1. The molecule has 1 amide bonds. The summed E-state index contributed by atoms with van der Waals surface area (Å²) in [5, 5.41) is 14.5. The van der Waals surface area contributed by atoms with E-state index in [2.05, 4.69) is 37.6 Å². The van der Waals surface area contributed by atoms with Gasteiger partial charge in [-0.05, 0) is 37.5 Å². The Balaban J connectivity index is 1.27. The highest BCUT2D eigenvalue weighted by Crippen LogP contribution is 2.43. The van der Waals surface area contributed by atoms with E-state index in [1.165, 1.54) is 20.0 Å². The van der Waals surface area contributed by atoms with Gasteiger partial charge >= 0.3 is 0 Å². The van der Waals surface area contributed by atoms with Crippen molar-refractivity contribution in [2.75, 3.05) is 17.3 Å². The van der Waals surface area contributed by atoms with Crippen LogP contribution in [0.2, 0.25) is 0 Å². The number of methoxy groups -OCH3 is 1. The van der Waals surface area contributed by atoms with E-state index in [-0.39, 0.29) is 18.9 Å². The van der Waals surface area contributed by atoms with Crippen molar-refractivity contribution in [3.8, 4) is 11.4 Å². The molecule has 3 aromatic rings. The maximum atomic E-state index is 13.1. The van der Waals surface area contributed by atoms with Crippen molar-refractivity contribution in [1.29, 1.82) is 0 Å². The first kappa shape index (κ1) is 24.5. The molecule has 0 radical (unpaired) electrons. The van der Waals surface area contributed by atoms with Crippen molar-refractivity contribution in [3.05, 3.63) is 42.1 Å². The number of halogens is 2. The number of fused-ring (bicyclic) bond motifs is 3. The number of anilines is 3. The first-order valence-electron chi connectivity index (χ1n) is 13.1. The van der Waals surface area contributed by atoms with Crippen LogP contribution >= 0.6 is 0 Å². The number of nitrogens with zero attached hydrogens (tertiary/aromatic N) is 6. The van der Waals surface area contributed by atoms with Crippen LogP contribution in [0.4, 0.5) is 26.2 Å². The maximum absolute atomic E-state index is 13.1. The normalized spacial score (nSPS) is 20.4. The number of alkyl halides is 2. The van der Waals surface area contributed by atoms with Gasteiger partial charge in [0.15, 0.2) is 11.6 Å². The molecule has 1 aromatic carbocycles. The van der Waals surface area contributed by atoms with Gasteiger partial charge in [-0.2, -0.15) is 4.98 Å². The number of carbonyl (C=O) groups excluding carboxylic acids is 1. The van der Waals surface area contributed by atoms with E-state index >= 15 is 0 Å². The molecular weight excluding hydrogens is 494 g/mol. The summed E-state index contributed by atoms with van der Waals surface area (Å²) in [4.78, 5) is 24.5. The van der Waals surface area contributed by atoms with Gasteiger partial charge in [0.25, 0.3) is 11.8 Å². The number of carbonyl (C=O) groups is 1. The molecule has 38 heavy (non-hydrogen) atoms. The number of nitrogens with one attached hydrogen (secondary N) is 2. The molecule has 2 aliphatic carbocycles. The Morgan fingerprint density at radius 1 is 1.24 bits per heavy atom. The first-order valence-corrected chi connectivity index (χ1v) is 13.1. The predicted octanol–water partition coefficient (Wildman–Crippen LogP) is 4.55. The lowest BCUT2D eigenvalue weighted by Gasteiger charge is -2.40. The standard InChI is InChI=1S/C26H30F2N8O2/c1-3-19-23-34-30-14-35(23)20-13-29-25(33-22(20)36(19)17-6-4-5-7-17)32-18-9-8-15(10-21(18)38-2)24(37)31-16-11-26(27,28)12-16/h8-10,13-14,16-17,19H,3-7,11-12H2,1-2H3,(H,31,37)(H,29,32,33)/t19-/m1/s1. The topological polar surface area (TPSA) is 110 Å². The molecule has 2 fully saturated rings. The number of aromatic nitrogens is 5. The van der Waals surface area contributed by atoms with Gasteiger partial charge in [-0.3, -0.25) is 9.36 Å². The minimum absolute atomic E-state index is 0.0683. The molecular formula is C26H30F2N8O2. The Bertz CT molecular complexity index is 1350. The van der Waals surface area contributed by atoms with Gasteiger partial charge < -0.3 is 20.3 Å². The summed E-state index contributed by atoms with van der Waals surface area (Å²) in [6.07, 6.45) is 8.27. The van der Waals surface area contributed by atoms with Gasteiger partial charge in [0.1, 0.15) is 17.8 Å². The Morgan fingerprint density at radius 3 is 2.74 bits per heavy atom. The third-order valence-electron chi connectivity index (χ3n) is 7.70. The summed E-state index contributed by atoms with van der Waals surface area (Å²) >= 11 is 0. The zero-order valence-electron chi connectivity index (χ0n) is 21.3. The molecule has 0 unspecified atom stereocenters. The number of ether oxygens (including phenoxy) is 1. The molecule has 10 nitrogen and oxygen atoms in total. The van der Waals surface area contributed by atoms with Crippen molar-refractivity contribution in [2.45, 2.75) is 75.9 Å². The molecule has 3 heterocycles. The lowest BCUT2D eigenvalue weighted by Crippen LogP contribution is -2.50. The summed E-state index contributed by atoms with van der Waals surface area (Å²) in [6.45, 7) is 2.15. The predicted molar refractivity (Wildman–Crippen MR) is 136 cm³/mol. The summed E-state index contributed by atoms with van der Waals surface area (Å²) in [5.41, 5.74) is 1.75. The van der Waals surface area contributed by atoms with E-state index < -0.39 is 17.9 Å². The third kappa shape index (κ3) is 4.31. The minimum atomic E-state index is -2.70. The smallest absolute Gasteiger partial charge is 0.252 e. The van der Waals surface area contributed by atoms with Crippen molar-refractivity contribution in [3.63, 3.8) is 0 Å². The largest absolute Gasteiger partial charge is 0.495 e. The average molecular weight is 525 g/mol. The number of rotatable bonds is 7. The Kier molecular flexibility index (Phi) is 6.11. The number of benzene rings is 1. The van der Waals surface area contributed by atoms with Crippen LogP contribution in [-0.4, -0.2) is 55.8 Å². The lowest BCUT2D eigenvalue weighted by molar-refractivity contribution is -0.0901. The van der Waals surface area contributed by atoms with E-state index in [1.807, 2.05) is 4.57 Å². The van der Waals surface area contributed by atoms with Crippen molar-refractivity contribution < 1.29 is 18.3 Å². The second kappa shape index (κ2) is 9.48. The van der Waals surface area contributed by atoms with Crippen LogP contribution < -0.4 is 20.3 Å². The van der Waals surface area contributed by atoms with E-state index in [1.54, 1.807) is 30.7 Å².